The van der Waals surface area contributed by atoms with E-state index in [0.29, 0.717) is 27.6 Å². The number of amides is 1. The van der Waals surface area contributed by atoms with Crippen molar-refractivity contribution in [3.05, 3.63) is 76.5 Å². The van der Waals surface area contributed by atoms with Crippen LogP contribution in [0.4, 0.5) is 4.39 Å². The largest absolute Gasteiger partial charge is 0.490 e. The molecule has 180 valence electrons. The molecule has 2 aromatic heterocycles. The van der Waals surface area contributed by atoms with Crippen molar-refractivity contribution >= 4 is 28.4 Å². The fourth-order valence-corrected chi connectivity index (χ4v) is 4.38. The van der Waals surface area contributed by atoms with Crippen LogP contribution in [0.3, 0.4) is 0 Å². The number of halogens is 2. The van der Waals surface area contributed by atoms with Gasteiger partial charge in [0.2, 0.25) is 11.9 Å². The van der Waals surface area contributed by atoms with Crippen LogP contribution in [0, 0.1) is 12.7 Å². The number of benzene rings is 2. The van der Waals surface area contributed by atoms with Gasteiger partial charge in [0.15, 0.2) is 0 Å². The van der Waals surface area contributed by atoms with Gasteiger partial charge in [0.05, 0.1) is 40.4 Å². The van der Waals surface area contributed by atoms with E-state index in [4.69, 9.17) is 16.3 Å². The summed E-state index contributed by atoms with van der Waals surface area (Å²) in [5, 5.41) is 18.6. The minimum atomic E-state index is -0.561. The number of carbonyl (C=O) groups is 1. The quantitative estimate of drug-likeness (QED) is 0.283. The lowest BCUT2D eigenvalue weighted by molar-refractivity contribution is -0.908. The van der Waals surface area contributed by atoms with Crippen molar-refractivity contribution in [1.29, 1.82) is 0 Å². The Bertz CT molecular complexity index is 1450. The van der Waals surface area contributed by atoms with E-state index in [1.165, 1.54) is 11.0 Å². The van der Waals surface area contributed by atoms with E-state index in [-0.39, 0.29) is 23.1 Å². The van der Waals surface area contributed by atoms with Gasteiger partial charge in [-0.15, -0.1) is 0 Å². The van der Waals surface area contributed by atoms with E-state index in [1.54, 1.807) is 56.7 Å². The smallest absolute Gasteiger partial charge is 0.254 e. The van der Waals surface area contributed by atoms with Crippen molar-refractivity contribution in [3.63, 3.8) is 0 Å². The van der Waals surface area contributed by atoms with Crippen LogP contribution in [-0.2, 0) is 0 Å². The van der Waals surface area contributed by atoms with Gasteiger partial charge in [-0.25, -0.2) is 4.39 Å². The fourth-order valence-electron chi connectivity index (χ4n) is 4.19. The van der Waals surface area contributed by atoms with Crippen molar-refractivity contribution in [1.82, 2.24) is 15.1 Å². The summed E-state index contributed by atoms with van der Waals surface area (Å²) in [6.45, 7) is 3.61. The van der Waals surface area contributed by atoms with Gasteiger partial charge in [0.1, 0.15) is 11.6 Å². The SMILES string of the molecule is Cc1c2cn[nH]c2c([C@@H](C)N(C)C(=O)c2cc(F)c(-c3cccc(Cl)c3)c(OC3CC3)c2)c[n+]1O. The van der Waals surface area contributed by atoms with Gasteiger partial charge in [0, 0.05) is 29.3 Å². The van der Waals surface area contributed by atoms with Crippen molar-refractivity contribution in [2.45, 2.75) is 38.8 Å². The Morgan fingerprint density at radius 2 is 2.11 bits per heavy atom. The molecule has 1 aliphatic rings. The van der Waals surface area contributed by atoms with Crippen LogP contribution in [-0.4, -0.2) is 39.4 Å². The Labute approximate surface area is 206 Å². The summed E-state index contributed by atoms with van der Waals surface area (Å²) in [7, 11) is 1.64. The highest BCUT2D eigenvalue weighted by molar-refractivity contribution is 6.30. The molecule has 0 saturated heterocycles. The zero-order valence-electron chi connectivity index (χ0n) is 19.5. The third-order valence-electron chi connectivity index (χ3n) is 6.51. The molecule has 7 nitrogen and oxygen atoms in total. The van der Waals surface area contributed by atoms with Crippen molar-refractivity contribution in [2.24, 2.45) is 0 Å². The second-order valence-corrected chi connectivity index (χ2v) is 9.36. The zero-order chi connectivity index (χ0) is 24.9. The molecule has 0 unspecified atom stereocenters. The number of aromatic amines is 1. The number of rotatable bonds is 6. The maximum absolute atomic E-state index is 15.5. The van der Waals surface area contributed by atoms with Crippen molar-refractivity contribution in [3.8, 4) is 16.9 Å². The molecule has 2 heterocycles. The predicted octanol–water partition coefficient (Wildman–Crippen LogP) is 5.23. The minimum Gasteiger partial charge on any atom is -0.490 e. The molecule has 35 heavy (non-hydrogen) atoms. The van der Waals surface area contributed by atoms with Crippen LogP contribution in [0.15, 0.2) is 48.8 Å². The van der Waals surface area contributed by atoms with E-state index in [1.807, 2.05) is 6.92 Å². The number of hydrogen-bond acceptors (Lipinski definition) is 4. The Balaban J connectivity index is 1.52. The molecule has 0 spiro atoms. The topological polar surface area (TPSA) is 82.3 Å². The maximum atomic E-state index is 15.5. The van der Waals surface area contributed by atoms with Crippen LogP contribution in [0.1, 0.15) is 47.4 Å². The Morgan fingerprint density at radius 1 is 1.34 bits per heavy atom. The zero-order valence-corrected chi connectivity index (χ0v) is 20.3. The van der Waals surface area contributed by atoms with Crippen molar-refractivity contribution < 1.29 is 23.9 Å². The number of fused-ring (bicyclic) bond motifs is 1. The lowest BCUT2D eigenvalue weighted by Gasteiger charge is -2.25. The fraction of sp³-hybridized carbons (Fsp3) is 0.269. The summed E-state index contributed by atoms with van der Waals surface area (Å²) in [6.07, 6.45) is 4.96. The summed E-state index contributed by atoms with van der Waals surface area (Å²) in [5.74, 6) is -0.625. The van der Waals surface area contributed by atoms with Gasteiger partial charge in [0.25, 0.3) is 5.91 Å². The summed E-state index contributed by atoms with van der Waals surface area (Å²) < 4.78 is 22.5. The molecule has 1 saturated carbocycles. The highest BCUT2D eigenvalue weighted by Gasteiger charge is 2.30. The van der Waals surface area contributed by atoms with Gasteiger partial charge in [-0.1, -0.05) is 23.7 Å². The monoisotopic (exact) mass is 495 g/mol. The Morgan fingerprint density at radius 3 is 2.83 bits per heavy atom. The number of H-pyrrole nitrogens is 1. The molecule has 0 aliphatic heterocycles. The average Bonchev–Trinajstić information content (AvgIpc) is 3.51. The van der Waals surface area contributed by atoms with E-state index < -0.39 is 11.9 Å². The normalized spacial score (nSPS) is 14.2. The first kappa shape index (κ1) is 23.1. The minimum absolute atomic E-state index is 0.00978. The number of nitrogens with one attached hydrogen (secondary N) is 1. The highest BCUT2D eigenvalue weighted by Crippen LogP contribution is 2.39. The van der Waals surface area contributed by atoms with Crippen LogP contribution in [0.5, 0.6) is 5.75 Å². The van der Waals surface area contributed by atoms with Crippen molar-refractivity contribution in [2.75, 3.05) is 7.05 Å². The molecule has 1 aliphatic carbocycles. The second kappa shape index (κ2) is 8.85. The van der Waals surface area contributed by atoms with E-state index in [9.17, 15) is 10.0 Å². The first-order valence-electron chi connectivity index (χ1n) is 11.4. The van der Waals surface area contributed by atoms with Crippen LogP contribution in [0.25, 0.3) is 22.0 Å². The molecular weight excluding hydrogens is 471 g/mol. The van der Waals surface area contributed by atoms with E-state index in [2.05, 4.69) is 10.2 Å². The van der Waals surface area contributed by atoms with Gasteiger partial charge in [-0.05, 0) is 49.6 Å². The molecule has 1 amide bonds. The van der Waals surface area contributed by atoms with E-state index >= 15 is 4.39 Å². The lowest BCUT2D eigenvalue weighted by Crippen LogP contribution is -2.36. The summed E-state index contributed by atoms with van der Waals surface area (Å²) >= 11 is 6.14. The van der Waals surface area contributed by atoms with E-state index in [0.717, 1.165) is 28.5 Å². The average molecular weight is 496 g/mol. The number of aryl methyl sites for hydroxylation is 1. The maximum Gasteiger partial charge on any atom is 0.254 e. The molecule has 2 N–H and O–H groups in total. The molecule has 5 rings (SSSR count). The molecule has 2 aromatic carbocycles. The molecule has 0 radical (unpaired) electrons. The third-order valence-corrected chi connectivity index (χ3v) is 6.74. The second-order valence-electron chi connectivity index (χ2n) is 8.92. The van der Waals surface area contributed by atoms with Crippen LogP contribution < -0.4 is 9.47 Å². The first-order chi connectivity index (χ1) is 16.7. The summed E-state index contributed by atoms with van der Waals surface area (Å²) in [4.78, 5) is 15.0. The molecule has 1 atom stereocenters. The molecular formula is C26H25ClFN4O3+. The van der Waals surface area contributed by atoms with Crippen LogP contribution in [0.2, 0.25) is 5.02 Å². The van der Waals surface area contributed by atoms with Gasteiger partial charge >= 0.3 is 0 Å². The molecule has 9 heteroatoms. The number of hydrogen-bond donors (Lipinski definition) is 2. The van der Waals surface area contributed by atoms with Gasteiger partial charge < -0.3 is 9.64 Å². The van der Waals surface area contributed by atoms with Gasteiger partial charge in [-0.2, -0.15) is 5.10 Å². The molecule has 1 fully saturated rings. The number of carbonyl (C=O) groups excluding carboxylic acids is 1. The number of nitrogens with zero attached hydrogens (tertiary/aromatic N) is 3. The third kappa shape index (κ3) is 4.30. The number of aromatic nitrogens is 3. The summed E-state index contributed by atoms with van der Waals surface area (Å²) in [5.41, 5.74) is 3.06. The van der Waals surface area contributed by atoms with Crippen LogP contribution >= 0.6 is 11.6 Å². The highest BCUT2D eigenvalue weighted by atomic mass is 35.5. The summed E-state index contributed by atoms with van der Waals surface area (Å²) in [6, 6.07) is 9.27. The predicted molar refractivity (Wildman–Crippen MR) is 129 cm³/mol. The Hall–Kier alpha value is -3.65. The number of pyridine rings is 1. The first-order valence-corrected chi connectivity index (χ1v) is 11.7. The standard InChI is InChI=1S/C26H24ClFN4O3/c1-14(21-13-32(34)15(2)20-12-29-30-25(20)21)31(3)26(33)17-10-22(28)24(16-5-4-6-18(27)9-16)23(11-17)35-19-7-8-19/h4-6,9-14,19,34H,7-8H2,1-3H3/p+1/t14-/m1/s1. The molecule has 0 bridgehead atoms. The lowest BCUT2D eigenvalue weighted by atomic mass is 10.00. The molecule has 4 aromatic rings. The van der Waals surface area contributed by atoms with Gasteiger partial charge in [-0.3, -0.25) is 15.1 Å². The Kier molecular flexibility index (Phi) is 5.84. The number of ether oxygens (including phenoxy) is 1.